The maximum absolute atomic E-state index is 13.3. The van der Waals surface area contributed by atoms with E-state index in [-0.39, 0.29) is 11.4 Å². The molecule has 1 aromatic rings. The Hall–Kier alpha value is -0.980. The predicted octanol–water partition coefficient (Wildman–Crippen LogP) is 2.35. The molecule has 0 saturated heterocycles. The fourth-order valence-electron chi connectivity index (χ4n) is 3.27. The lowest BCUT2D eigenvalue weighted by Gasteiger charge is -2.45. The number of sulfonamides is 1. The predicted molar refractivity (Wildman–Crippen MR) is 80.8 cm³/mol. The summed E-state index contributed by atoms with van der Waals surface area (Å²) < 4.78 is 40.2. The first-order valence-electron chi connectivity index (χ1n) is 7.26. The van der Waals surface area contributed by atoms with E-state index in [0.29, 0.717) is 5.92 Å². The zero-order valence-electron chi connectivity index (χ0n) is 12.5. The van der Waals surface area contributed by atoms with Crippen LogP contribution in [0.25, 0.3) is 0 Å². The van der Waals surface area contributed by atoms with Crippen LogP contribution in [0.4, 0.5) is 4.39 Å². The van der Waals surface area contributed by atoms with Crippen LogP contribution in [0.5, 0.6) is 0 Å². The largest absolute Gasteiger partial charge is 0.329 e. The minimum absolute atomic E-state index is 0.0175. The third-order valence-electron chi connectivity index (χ3n) is 4.57. The van der Waals surface area contributed by atoms with Gasteiger partial charge >= 0.3 is 0 Å². The van der Waals surface area contributed by atoms with Gasteiger partial charge in [0.2, 0.25) is 10.0 Å². The standard InChI is InChI=1S/C15H23FN2O2S/c1-12-5-4-8-15(10-12,11-17)18(2)21(19,20)14-7-3-6-13(16)9-14/h3,6-7,9,12H,4-5,8,10-11,17H2,1-2H3. The smallest absolute Gasteiger partial charge is 0.243 e. The average molecular weight is 314 g/mol. The van der Waals surface area contributed by atoms with Crippen LogP contribution in [0.3, 0.4) is 0 Å². The molecule has 4 nitrogen and oxygen atoms in total. The average Bonchev–Trinajstić information content (AvgIpc) is 2.46. The second-order valence-electron chi connectivity index (χ2n) is 6.06. The van der Waals surface area contributed by atoms with E-state index < -0.39 is 21.4 Å². The molecule has 21 heavy (non-hydrogen) atoms. The molecule has 0 spiro atoms. The summed E-state index contributed by atoms with van der Waals surface area (Å²) >= 11 is 0. The monoisotopic (exact) mass is 314 g/mol. The maximum Gasteiger partial charge on any atom is 0.243 e. The van der Waals surface area contributed by atoms with Crippen LogP contribution in [-0.2, 0) is 10.0 Å². The molecule has 1 fully saturated rings. The zero-order chi connectivity index (χ0) is 15.7. The third-order valence-corrected chi connectivity index (χ3v) is 6.53. The SMILES string of the molecule is CC1CCCC(CN)(N(C)S(=O)(=O)c2cccc(F)c2)C1. The van der Waals surface area contributed by atoms with E-state index in [1.54, 1.807) is 7.05 Å². The van der Waals surface area contributed by atoms with E-state index in [1.165, 1.54) is 22.5 Å². The van der Waals surface area contributed by atoms with Crippen LogP contribution in [-0.4, -0.2) is 31.9 Å². The lowest BCUT2D eigenvalue weighted by molar-refractivity contribution is 0.127. The molecule has 0 amide bonds. The van der Waals surface area contributed by atoms with Crippen molar-refractivity contribution < 1.29 is 12.8 Å². The van der Waals surface area contributed by atoms with Crippen molar-refractivity contribution in [3.05, 3.63) is 30.1 Å². The second-order valence-corrected chi connectivity index (χ2v) is 8.03. The number of nitrogens with zero attached hydrogens (tertiary/aromatic N) is 1. The first-order chi connectivity index (χ1) is 9.82. The minimum Gasteiger partial charge on any atom is -0.329 e. The van der Waals surface area contributed by atoms with Gasteiger partial charge in [0.25, 0.3) is 0 Å². The lowest BCUT2D eigenvalue weighted by atomic mass is 9.76. The van der Waals surface area contributed by atoms with Crippen LogP contribution in [0, 0.1) is 11.7 Å². The van der Waals surface area contributed by atoms with Gasteiger partial charge in [0.15, 0.2) is 0 Å². The molecule has 0 radical (unpaired) electrons. The molecular weight excluding hydrogens is 291 g/mol. The van der Waals surface area contributed by atoms with Gasteiger partial charge in [-0.25, -0.2) is 12.8 Å². The molecule has 1 saturated carbocycles. The van der Waals surface area contributed by atoms with Crippen molar-refractivity contribution >= 4 is 10.0 Å². The highest BCUT2D eigenvalue weighted by molar-refractivity contribution is 7.89. The Morgan fingerprint density at radius 3 is 2.76 bits per heavy atom. The topological polar surface area (TPSA) is 63.4 Å². The molecule has 0 aromatic heterocycles. The van der Waals surface area contributed by atoms with Gasteiger partial charge in [-0.1, -0.05) is 25.8 Å². The molecule has 2 rings (SSSR count). The molecule has 0 aliphatic heterocycles. The zero-order valence-corrected chi connectivity index (χ0v) is 13.4. The molecule has 2 atom stereocenters. The molecule has 1 aliphatic rings. The van der Waals surface area contributed by atoms with Crippen LogP contribution in [0.15, 0.2) is 29.2 Å². The summed E-state index contributed by atoms with van der Waals surface area (Å²) in [6.07, 6.45) is 3.55. The van der Waals surface area contributed by atoms with Crippen LogP contribution >= 0.6 is 0 Å². The molecule has 6 heteroatoms. The normalized spacial score (nSPS) is 27.0. The number of hydrogen-bond acceptors (Lipinski definition) is 3. The number of hydrogen-bond donors (Lipinski definition) is 1. The van der Waals surface area contributed by atoms with Gasteiger partial charge in [0.1, 0.15) is 5.82 Å². The second kappa shape index (κ2) is 6.02. The molecule has 2 N–H and O–H groups in total. The van der Waals surface area contributed by atoms with Gasteiger partial charge in [-0.15, -0.1) is 0 Å². The molecule has 0 heterocycles. The first kappa shape index (κ1) is 16.4. The van der Waals surface area contributed by atoms with E-state index in [2.05, 4.69) is 6.92 Å². The van der Waals surface area contributed by atoms with Crippen molar-refractivity contribution in [3.63, 3.8) is 0 Å². The van der Waals surface area contributed by atoms with Gasteiger partial charge in [-0.3, -0.25) is 0 Å². The molecule has 1 aromatic carbocycles. The summed E-state index contributed by atoms with van der Waals surface area (Å²) in [7, 11) is -2.18. The van der Waals surface area contributed by atoms with Crippen molar-refractivity contribution in [2.24, 2.45) is 11.7 Å². The lowest BCUT2D eigenvalue weighted by Crippen LogP contribution is -2.56. The number of benzene rings is 1. The van der Waals surface area contributed by atoms with Crippen molar-refractivity contribution in [1.29, 1.82) is 0 Å². The van der Waals surface area contributed by atoms with E-state index in [0.717, 1.165) is 31.7 Å². The molecule has 118 valence electrons. The van der Waals surface area contributed by atoms with Crippen molar-refractivity contribution in [2.75, 3.05) is 13.6 Å². The van der Waals surface area contributed by atoms with Gasteiger partial charge in [-0.05, 0) is 37.0 Å². The Bertz CT molecular complexity index is 605. The third kappa shape index (κ3) is 3.12. The van der Waals surface area contributed by atoms with Gasteiger partial charge in [0, 0.05) is 19.1 Å². The number of rotatable bonds is 4. The van der Waals surface area contributed by atoms with Crippen molar-refractivity contribution in [2.45, 2.75) is 43.0 Å². The highest BCUT2D eigenvalue weighted by Gasteiger charge is 2.43. The highest BCUT2D eigenvalue weighted by atomic mass is 32.2. The summed E-state index contributed by atoms with van der Waals surface area (Å²) in [6, 6.07) is 5.13. The molecule has 2 unspecified atom stereocenters. The van der Waals surface area contributed by atoms with E-state index in [4.69, 9.17) is 5.73 Å². The van der Waals surface area contributed by atoms with Crippen molar-refractivity contribution in [1.82, 2.24) is 4.31 Å². The van der Waals surface area contributed by atoms with Gasteiger partial charge in [-0.2, -0.15) is 4.31 Å². The van der Waals surface area contributed by atoms with Gasteiger partial charge in [0.05, 0.1) is 4.90 Å². The number of likely N-dealkylation sites (N-methyl/N-ethyl adjacent to an activating group) is 1. The van der Waals surface area contributed by atoms with E-state index in [1.807, 2.05) is 0 Å². The summed E-state index contributed by atoms with van der Waals surface area (Å²) in [5.74, 6) is -0.115. The fourth-order valence-corrected chi connectivity index (χ4v) is 4.85. The van der Waals surface area contributed by atoms with E-state index >= 15 is 0 Å². The molecule has 1 aliphatic carbocycles. The fraction of sp³-hybridized carbons (Fsp3) is 0.600. The Morgan fingerprint density at radius 1 is 1.48 bits per heavy atom. The summed E-state index contributed by atoms with van der Waals surface area (Å²) in [5.41, 5.74) is 5.36. The Morgan fingerprint density at radius 2 is 2.19 bits per heavy atom. The first-order valence-corrected chi connectivity index (χ1v) is 8.70. The van der Waals surface area contributed by atoms with E-state index in [9.17, 15) is 12.8 Å². The van der Waals surface area contributed by atoms with Gasteiger partial charge < -0.3 is 5.73 Å². The van der Waals surface area contributed by atoms with Crippen LogP contribution in [0.1, 0.15) is 32.6 Å². The Balaban J connectivity index is 2.38. The highest BCUT2D eigenvalue weighted by Crippen LogP contribution is 2.38. The van der Waals surface area contributed by atoms with Crippen LogP contribution in [0.2, 0.25) is 0 Å². The Labute approximate surface area is 126 Å². The molecular formula is C15H23FN2O2S. The summed E-state index contributed by atoms with van der Waals surface area (Å²) in [6.45, 7) is 2.40. The summed E-state index contributed by atoms with van der Waals surface area (Å²) in [4.78, 5) is -0.0175. The quantitative estimate of drug-likeness (QED) is 0.928. The molecule has 0 bridgehead atoms. The number of halogens is 1. The Kier molecular flexibility index (Phi) is 4.70. The number of nitrogens with two attached hydrogens (primary N) is 1. The summed E-state index contributed by atoms with van der Waals surface area (Å²) in [5, 5.41) is 0. The minimum atomic E-state index is -3.74. The van der Waals surface area contributed by atoms with Crippen molar-refractivity contribution in [3.8, 4) is 0 Å². The maximum atomic E-state index is 13.3. The van der Waals surface area contributed by atoms with Crippen LogP contribution < -0.4 is 5.73 Å².